The number of amides is 1. The number of rotatable bonds is 6. The van der Waals surface area contributed by atoms with E-state index in [0.29, 0.717) is 12.3 Å². The highest BCUT2D eigenvalue weighted by Gasteiger charge is 2.01. The van der Waals surface area contributed by atoms with Crippen molar-refractivity contribution >= 4 is 12.2 Å². The molecule has 0 spiro atoms. The molecule has 2 aromatic carbocycles. The zero-order valence-corrected chi connectivity index (χ0v) is 12.9. The van der Waals surface area contributed by atoms with Crippen LogP contribution in [0.3, 0.4) is 0 Å². The van der Waals surface area contributed by atoms with E-state index >= 15 is 0 Å². The summed E-state index contributed by atoms with van der Waals surface area (Å²) in [4.78, 5) is 11.6. The first-order chi connectivity index (χ1) is 11.2. The highest BCUT2D eigenvalue weighted by Crippen LogP contribution is 2.26. The number of hydrogen-bond donors (Lipinski definition) is 2. The van der Waals surface area contributed by atoms with Crippen LogP contribution in [-0.4, -0.2) is 24.9 Å². The molecule has 120 valence electrons. The minimum atomic E-state index is -0.471. The highest BCUT2D eigenvalue weighted by molar-refractivity contribution is 5.67. The molecule has 0 atom stereocenters. The number of phenols is 1. The van der Waals surface area contributed by atoms with Crippen molar-refractivity contribution in [2.24, 2.45) is 0 Å². The number of hydrogen-bond acceptors (Lipinski definition) is 4. The molecule has 5 nitrogen and oxygen atoms in total. The quantitative estimate of drug-likeness (QED) is 0.858. The van der Waals surface area contributed by atoms with E-state index in [2.05, 4.69) is 5.32 Å². The lowest BCUT2D eigenvalue weighted by Crippen LogP contribution is -2.24. The minimum Gasteiger partial charge on any atom is -0.504 e. The van der Waals surface area contributed by atoms with Crippen molar-refractivity contribution in [1.29, 1.82) is 0 Å². The van der Waals surface area contributed by atoms with Crippen molar-refractivity contribution in [3.8, 4) is 11.5 Å². The third kappa shape index (κ3) is 5.39. The standard InChI is InChI=1S/C18H19NO4/c1-22-17-12-14(9-10-16(17)20)8-5-11-19-18(21)23-13-15-6-3-2-4-7-15/h2-10,12,20H,11,13H2,1H3,(H,19,21). The van der Waals surface area contributed by atoms with Gasteiger partial charge in [-0.3, -0.25) is 0 Å². The monoisotopic (exact) mass is 313 g/mol. The average Bonchev–Trinajstić information content (AvgIpc) is 2.59. The first kappa shape index (κ1) is 16.4. The Bertz CT molecular complexity index is 668. The summed E-state index contributed by atoms with van der Waals surface area (Å²) in [6.07, 6.45) is 3.14. The van der Waals surface area contributed by atoms with Crippen molar-refractivity contribution < 1.29 is 19.4 Å². The molecule has 0 saturated heterocycles. The first-order valence-electron chi connectivity index (χ1n) is 7.17. The molecule has 0 aliphatic carbocycles. The molecule has 0 bridgehead atoms. The van der Waals surface area contributed by atoms with Gasteiger partial charge in [0.05, 0.1) is 7.11 Å². The Labute approximate surface area is 135 Å². The molecule has 0 unspecified atom stereocenters. The molecular formula is C18H19NO4. The van der Waals surface area contributed by atoms with Crippen LogP contribution in [0.5, 0.6) is 11.5 Å². The van der Waals surface area contributed by atoms with Crippen LogP contribution in [0.1, 0.15) is 11.1 Å². The van der Waals surface area contributed by atoms with E-state index in [1.807, 2.05) is 36.4 Å². The van der Waals surface area contributed by atoms with Gasteiger partial charge in [0.2, 0.25) is 0 Å². The average molecular weight is 313 g/mol. The molecule has 2 rings (SSSR count). The Morgan fingerprint density at radius 2 is 2.00 bits per heavy atom. The predicted molar refractivity (Wildman–Crippen MR) is 88.3 cm³/mol. The van der Waals surface area contributed by atoms with E-state index in [9.17, 15) is 9.90 Å². The molecule has 2 aromatic rings. The number of methoxy groups -OCH3 is 1. The van der Waals surface area contributed by atoms with E-state index in [1.165, 1.54) is 7.11 Å². The number of carbonyl (C=O) groups excluding carboxylic acids is 1. The van der Waals surface area contributed by atoms with E-state index in [4.69, 9.17) is 9.47 Å². The fourth-order valence-electron chi connectivity index (χ4n) is 1.91. The fourth-order valence-corrected chi connectivity index (χ4v) is 1.91. The number of aromatic hydroxyl groups is 1. The van der Waals surface area contributed by atoms with Crippen LogP contribution in [0.15, 0.2) is 54.6 Å². The van der Waals surface area contributed by atoms with Crippen molar-refractivity contribution in [2.45, 2.75) is 6.61 Å². The topological polar surface area (TPSA) is 67.8 Å². The lowest BCUT2D eigenvalue weighted by atomic mass is 10.2. The normalized spacial score (nSPS) is 10.5. The number of phenolic OH excluding ortho intramolecular Hbond substituents is 1. The second-order valence-corrected chi connectivity index (χ2v) is 4.78. The number of nitrogens with one attached hydrogen (secondary N) is 1. The van der Waals surface area contributed by atoms with E-state index in [1.54, 1.807) is 24.3 Å². The van der Waals surface area contributed by atoms with Gasteiger partial charge in [-0.25, -0.2) is 4.79 Å². The molecule has 1 amide bonds. The van der Waals surface area contributed by atoms with Gasteiger partial charge in [0.15, 0.2) is 11.5 Å². The van der Waals surface area contributed by atoms with Gasteiger partial charge in [0.1, 0.15) is 6.61 Å². The van der Waals surface area contributed by atoms with Gasteiger partial charge in [0.25, 0.3) is 0 Å². The van der Waals surface area contributed by atoms with Gasteiger partial charge >= 0.3 is 6.09 Å². The van der Waals surface area contributed by atoms with Gasteiger partial charge in [-0.15, -0.1) is 0 Å². The molecule has 2 N–H and O–H groups in total. The summed E-state index contributed by atoms with van der Waals surface area (Å²) in [5.41, 5.74) is 1.80. The zero-order chi connectivity index (χ0) is 16.5. The summed E-state index contributed by atoms with van der Waals surface area (Å²) in [7, 11) is 1.49. The molecule has 0 aliphatic rings. The van der Waals surface area contributed by atoms with Gasteiger partial charge in [-0.2, -0.15) is 0 Å². The van der Waals surface area contributed by atoms with E-state index < -0.39 is 6.09 Å². The van der Waals surface area contributed by atoms with Gasteiger partial charge < -0.3 is 19.9 Å². The third-order valence-corrected chi connectivity index (χ3v) is 3.09. The van der Waals surface area contributed by atoms with E-state index in [-0.39, 0.29) is 12.4 Å². The molecule has 0 heterocycles. The lowest BCUT2D eigenvalue weighted by Gasteiger charge is -2.05. The Balaban J connectivity index is 1.74. The Kier molecular flexibility index (Phi) is 6.06. The lowest BCUT2D eigenvalue weighted by molar-refractivity contribution is 0.141. The number of benzene rings is 2. The Morgan fingerprint density at radius 1 is 1.22 bits per heavy atom. The number of alkyl carbamates (subject to hydrolysis) is 1. The minimum absolute atomic E-state index is 0.0901. The highest BCUT2D eigenvalue weighted by atomic mass is 16.5. The van der Waals surface area contributed by atoms with Crippen molar-refractivity contribution in [3.63, 3.8) is 0 Å². The summed E-state index contributed by atoms with van der Waals surface area (Å²) in [6.45, 7) is 0.586. The molecule has 23 heavy (non-hydrogen) atoms. The Hall–Kier alpha value is -2.95. The molecular weight excluding hydrogens is 294 g/mol. The van der Waals surface area contributed by atoms with Crippen LogP contribution in [0, 0.1) is 0 Å². The zero-order valence-electron chi connectivity index (χ0n) is 12.9. The molecule has 0 radical (unpaired) electrons. The second kappa shape index (κ2) is 8.48. The van der Waals surface area contributed by atoms with Crippen LogP contribution in [0.25, 0.3) is 6.08 Å². The summed E-state index contributed by atoms with van der Waals surface area (Å²) < 4.78 is 10.1. The van der Waals surface area contributed by atoms with Crippen molar-refractivity contribution in [3.05, 3.63) is 65.7 Å². The van der Waals surface area contributed by atoms with Crippen molar-refractivity contribution in [2.75, 3.05) is 13.7 Å². The SMILES string of the molecule is COc1cc(C=CCNC(=O)OCc2ccccc2)ccc1O. The molecule has 0 aliphatic heterocycles. The summed E-state index contributed by atoms with van der Waals surface area (Å²) in [5.74, 6) is 0.495. The van der Waals surface area contributed by atoms with Crippen LogP contribution < -0.4 is 10.1 Å². The summed E-state index contributed by atoms with van der Waals surface area (Å²) in [5, 5.41) is 12.1. The van der Waals surface area contributed by atoms with Gasteiger partial charge in [-0.1, -0.05) is 48.6 Å². The Morgan fingerprint density at radius 3 is 2.74 bits per heavy atom. The van der Waals surface area contributed by atoms with E-state index in [0.717, 1.165) is 11.1 Å². The van der Waals surface area contributed by atoms with Gasteiger partial charge in [0, 0.05) is 6.54 Å². The van der Waals surface area contributed by atoms with Crippen LogP contribution in [-0.2, 0) is 11.3 Å². The van der Waals surface area contributed by atoms with Crippen LogP contribution in [0.4, 0.5) is 4.79 Å². The molecule has 0 saturated carbocycles. The van der Waals surface area contributed by atoms with Crippen LogP contribution in [0.2, 0.25) is 0 Å². The predicted octanol–water partition coefficient (Wildman–Crippen LogP) is 3.34. The fraction of sp³-hybridized carbons (Fsp3) is 0.167. The maximum atomic E-state index is 11.6. The summed E-state index contributed by atoms with van der Waals surface area (Å²) >= 11 is 0. The van der Waals surface area contributed by atoms with Gasteiger partial charge in [-0.05, 0) is 23.3 Å². The third-order valence-electron chi connectivity index (χ3n) is 3.09. The second-order valence-electron chi connectivity index (χ2n) is 4.78. The van der Waals surface area contributed by atoms with Crippen molar-refractivity contribution in [1.82, 2.24) is 5.32 Å². The molecule has 0 fully saturated rings. The smallest absolute Gasteiger partial charge is 0.407 e. The number of carbonyl (C=O) groups is 1. The first-order valence-corrected chi connectivity index (χ1v) is 7.17. The largest absolute Gasteiger partial charge is 0.504 e. The summed E-state index contributed by atoms with van der Waals surface area (Å²) in [6, 6.07) is 14.5. The molecule has 0 aromatic heterocycles. The van der Waals surface area contributed by atoms with Crippen LogP contribution >= 0.6 is 0 Å². The molecule has 5 heteroatoms. The maximum Gasteiger partial charge on any atom is 0.407 e. The maximum absolute atomic E-state index is 11.6. The number of ether oxygens (including phenoxy) is 2.